The zero-order chi connectivity index (χ0) is 14.5. The molecule has 6 heteroatoms. The number of aromatic nitrogens is 2. The Morgan fingerprint density at radius 1 is 1.20 bits per heavy atom. The number of hydrogen-bond acceptors (Lipinski definition) is 5. The molecule has 0 fully saturated rings. The number of aromatic carboxylic acids is 1. The predicted octanol–water partition coefficient (Wildman–Crippen LogP) is 1.96. The van der Waals surface area contributed by atoms with E-state index in [0.29, 0.717) is 17.1 Å². The number of Topliss-reactive ketones (excluding diaryl/α,β-unsaturated/α-hetero) is 1. The van der Waals surface area contributed by atoms with Crippen LogP contribution in [0.4, 0.5) is 0 Å². The van der Waals surface area contributed by atoms with Gasteiger partial charge in [0.25, 0.3) is 0 Å². The van der Waals surface area contributed by atoms with Gasteiger partial charge in [0.05, 0.1) is 11.1 Å². The van der Waals surface area contributed by atoms with Crippen LogP contribution >= 0.6 is 0 Å². The molecule has 102 valence electrons. The molecule has 1 N–H and O–H groups in total. The SMILES string of the molecule is CC(=O)c1ccccc1OCc1ncc(C(=O)O)cn1. The van der Waals surface area contributed by atoms with Gasteiger partial charge in [-0.3, -0.25) is 4.79 Å². The van der Waals surface area contributed by atoms with Crippen molar-refractivity contribution in [1.29, 1.82) is 0 Å². The Kier molecular flexibility index (Phi) is 4.05. The topological polar surface area (TPSA) is 89.4 Å². The summed E-state index contributed by atoms with van der Waals surface area (Å²) < 4.78 is 5.49. The van der Waals surface area contributed by atoms with Crippen LogP contribution < -0.4 is 4.74 Å². The highest BCUT2D eigenvalue weighted by Crippen LogP contribution is 2.19. The number of ketones is 1. The highest BCUT2D eigenvalue weighted by Gasteiger charge is 2.09. The number of benzene rings is 1. The third kappa shape index (κ3) is 3.17. The molecule has 0 unspecified atom stereocenters. The van der Waals surface area contributed by atoms with Crippen molar-refractivity contribution >= 4 is 11.8 Å². The van der Waals surface area contributed by atoms with E-state index in [2.05, 4.69) is 9.97 Å². The second-order valence-electron chi connectivity index (χ2n) is 4.03. The van der Waals surface area contributed by atoms with Gasteiger partial charge in [0.15, 0.2) is 11.6 Å². The number of carbonyl (C=O) groups is 2. The van der Waals surface area contributed by atoms with Crippen molar-refractivity contribution < 1.29 is 19.4 Å². The highest BCUT2D eigenvalue weighted by molar-refractivity contribution is 5.96. The van der Waals surface area contributed by atoms with E-state index in [0.717, 1.165) is 0 Å². The molecular formula is C14H12N2O4. The Bertz CT molecular complexity index is 638. The van der Waals surface area contributed by atoms with Gasteiger partial charge in [-0.1, -0.05) is 12.1 Å². The van der Waals surface area contributed by atoms with Crippen LogP contribution in [-0.2, 0) is 6.61 Å². The van der Waals surface area contributed by atoms with Gasteiger partial charge >= 0.3 is 5.97 Å². The number of para-hydroxylation sites is 1. The van der Waals surface area contributed by atoms with Gasteiger partial charge in [0, 0.05) is 12.4 Å². The van der Waals surface area contributed by atoms with Crippen LogP contribution in [0.1, 0.15) is 33.5 Å². The number of carbonyl (C=O) groups excluding carboxylic acids is 1. The molecule has 20 heavy (non-hydrogen) atoms. The van der Waals surface area contributed by atoms with E-state index in [1.54, 1.807) is 24.3 Å². The summed E-state index contributed by atoms with van der Waals surface area (Å²) >= 11 is 0. The van der Waals surface area contributed by atoms with Crippen LogP contribution in [0.15, 0.2) is 36.7 Å². The summed E-state index contributed by atoms with van der Waals surface area (Å²) in [6.45, 7) is 1.52. The van der Waals surface area contributed by atoms with Crippen molar-refractivity contribution in [2.24, 2.45) is 0 Å². The molecule has 0 amide bonds. The summed E-state index contributed by atoms with van der Waals surface area (Å²) in [5.74, 6) is -0.388. The highest BCUT2D eigenvalue weighted by atomic mass is 16.5. The molecular weight excluding hydrogens is 260 g/mol. The second kappa shape index (κ2) is 5.92. The molecule has 0 saturated heterocycles. The lowest BCUT2D eigenvalue weighted by molar-refractivity contribution is 0.0695. The van der Waals surface area contributed by atoms with Crippen molar-refractivity contribution in [3.8, 4) is 5.75 Å². The molecule has 1 heterocycles. The van der Waals surface area contributed by atoms with E-state index < -0.39 is 5.97 Å². The largest absolute Gasteiger partial charge is 0.485 e. The summed E-state index contributed by atoms with van der Waals surface area (Å²) in [6, 6.07) is 6.87. The fourth-order valence-corrected chi connectivity index (χ4v) is 1.57. The molecule has 0 aliphatic heterocycles. The molecule has 0 saturated carbocycles. The summed E-state index contributed by atoms with van der Waals surface area (Å²) in [6.07, 6.45) is 2.43. The fraction of sp³-hybridized carbons (Fsp3) is 0.143. The lowest BCUT2D eigenvalue weighted by atomic mass is 10.1. The van der Waals surface area contributed by atoms with E-state index in [-0.39, 0.29) is 18.0 Å². The Hall–Kier alpha value is -2.76. The number of carboxylic acids is 1. The molecule has 0 atom stereocenters. The Balaban J connectivity index is 2.09. The first kappa shape index (κ1) is 13.7. The molecule has 0 spiro atoms. The first-order chi connectivity index (χ1) is 9.58. The average molecular weight is 272 g/mol. The van der Waals surface area contributed by atoms with Gasteiger partial charge in [0.1, 0.15) is 12.4 Å². The molecule has 0 aliphatic rings. The molecule has 1 aromatic carbocycles. The maximum absolute atomic E-state index is 11.4. The van der Waals surface area contributed by atoms with E-state index >= 15 is 0 Å². The standard InChI is InChI=1S/C14H12N2O4/c1-9(17)11-4-2-3-5-12(11)20-8-13-15-6-10(7-16-13)14(18)19/h2-7H,8H2,1H3,(H,18,19). The fourth-order valence-electron chi connectivity index (χ4n) is 1.57. The molecule has 0 bridgehead atoms. The van der Waals surface area contributed by atoms with Crippen molar-refractivity contribution in [1.82, 2.24) is 9.97 Å². The number of hydrogen-bond donors (Lipinski definition) is 1. The first-order valence-electron chi connectivity index (χ1n) is 5.85. The molecule has 1 aromatic heterocycles. The van der Waals surface area contributed by atoms with Crippen molar-refractivity contribution in [3.05, 3.63) is 53.6 Å². The van der Waals surface area contributed by atoms with Crippen LogP contribution in [0.2, 0.25) is 0 Å². The Morgan fingerprint density at radius 2 is 1.85 bits per heavy atom. The molecule has 2 aromatic rings. The van der Waals surface area contributed by atoms with Crippen LogP contribution in [-0.4, -0.2) is 26.8 Å². The minimum atomic E-state index is -1.08. The maximum Gasteiger partial charge on any atom is 0.338 e. The van der Waals surface area contributed by atoms with Crippen LogP contribution in [0, 0.1) is 0 Å². The van der Waals surface area contributed by atoms with Crippen molar-refractivity contribution in [2.45, 2.75) is 13.5 Å². The van der Waals surface area contributed by atoms with E-state index in [1.165, 1.54) is 19.3 Å². The van der Waals surface area contributed by atoms with Gasteiger partial charge in [-0.2, -0.15) is 0 Å². The van der Waals surface area contributed by atoms with E-state index in [9.17, 15) is 9.59 Å². The quantitative estimate of drug-likeness (QED) is 0.837. The van der Waals surface area contributed by atoms with Crippen LogP contribution in [0.25, 0.3) is 0 Å². The molecule has 0 radical (unpaired) electrons. The summed E-state index contributed by atoms with van der Waals surface area (Å²) in [5.41, 5.74) is 0.493. The number of carboxylic acid groups (broad SMARTS) is 1. The summed E-state index contributed by atoms with van der Waals surface area (Å²) in [5, 5.41) is 8.73. The van der Waals surface area contributed by atoms with Gasteiger partial charge < -0.3 is 9.84 Å². The molecule has 6 nitrogen and oxygen atoms in total. The zero-order valence-corrected chi connectivity index (χ0v) is 10.7. The third-order valence-corrected chi connectivity index (χ3v) is 2.58. The summed E-state index contributed by atoms with van der Waals surface area (Å²) in [4.78, 5) is 29.9. The van der Waals surface area contributed by atoms with Crippen molar-refractivity contribution in [3.63, 3.8) is 0 Å². The smallest absolute Gasteiger partial charge is 0.338 e. The molecule has 0 aliphatic carbocycles. The van der Waals surface area contributed by atoms with E-state index in [1.807, 2.05) is 0 Å². The second-order valence-corrected chi connectivity index (χ2v) is 4.03. The minimum absolute atomic E-state index is 0.0119. The van der Waals surface area contributed by atoms with Gasteiger partial charge in [0.2, 0.25) is 0 Å². The van der Waals surface area contributed by atoms with Crippen LogP contribution in [0.3, 0.4) is 0 Å². The predicted molar refractivity (Wildman–Crippen MR) is 69.8 cm³/mol. The number of ether oxygens (including phenoxy) is 1. The van der Waals surface area contributed by atoms with Crippen LogP contribution in [0.5, 0.6) is 5.75 Å². The lowest BCUT2D eigenvalue weighted by Gasteiger charge is -2.08. The lowest BCUT2D eigenvalue weighted by Crippen LogP contribution is -2.06. The minimum Gasteiger partial charge on any atom is -0.485 e. The average Bonchev–Trinajstić information content (AvgIpc) is 2.45. The molecule has 2 rings (SSSR count). The van der Waals surface area contributed by atoms with E-state index in [4.69, 9.17) is 9.84 Å². The number of nitrogens with zero attached hydrogens (tertiary/aromatic N) is 2. The Labute approximate surface area is 115 Å². The van der Waals surface area contributed by atoms with Crippen molar-refractivity contribution in [2.75, 3.05) is 0 Å². The zero-order valence-electron chi connectivity index (χ0n) is 10.7. The normalized spacial score (nSPS) is 10.1. The number of rotatable bonds is 5. The Morgan fingerprint density at radius 3 is 2.45 bits per heavy atom. The van der Waals surface area contributed by atoms with Gasteiger partial charge in [-0.15, -0.1) is 0 Å². The monoisotopic (exact) mass is 272 g/mol. The third-order valence-electron chi connectivity index (χ3n) is 2.58. The van der Waals surface area contributed by atoms with Gasteiger partial charge in [-0.05, 0) is 19.1 Å². The maximum atomic E-state index is 11.4. The first-order valence-corrected chi connectivity index (χ1v) is 5.85. The van der Waals surface area contributed by atoms with Gasteiger partial charge in [-0.25, -0.2) is 14.8 Å². The summed E-state index contributed by atoms with van der Waals surface area (Å²) in [7, 11) is 0.